The van der Waals surface area contributed by atoms with Gasteiger partial charge in [-0.25, -0.2) is 19.3 Å². The van der Waals surface area contributed by atoms with Crippen molar-refractivity contribution in [1.29, 1.82) is 0 Å². The maximum Gasteiger partial charge on any atom is 0.144 e. The predicted octanol–water partition coefficient (Wildman–Crippen LogP) is 3.28. The van der Waals surface area contributed by atoms with Crippen LogP contribution in [0.2, 0.25) is 0 Å². The molecule has 0 aliphatic heterocycles. The topological polar surface area (TPSA) is 96.1 Å². The Bertz CT molecular complexity index is 1030. The Morgan fingerprint density at radius 1 is 1.14 bits per heavy atom. The van der Waals surface area contributed by atoms with Crippen molar-refractivity contribution >= 4 is 11.6 Å². The molecular weight excluding hydrogens is 373 g/mol. The SMILES string of the molecule is Cc1cc(Nc2cc(C)c(F)cn2)nc(-n2cnc([C@]3(O)CC[C@@H](O)CC3)c2)c1. The van der Waals surface area contributed by atoms with Crippen LogP contribution in [0.5, 0.6) is 0 Å². The lowest BCUT2D eigenvalue weighted by Crippen LogP contribution is -2.33. The summed E-state index contributed by atoms with van der Waals surface area (Å²) in [5.74, 6) is 1.37. The molecule has 152 valence electrons. The molecule has 3 heterocycles. The third kappa shape index (κ3) is 4.13. The number of imidazole rings is 1. The van der Waals surface area contributed by atoms with E-state index in [2.05, 4.69) is 20.3 Å². The lowest BCUT2D eigenvalue weighted by Gasteiger charge is -2.32. The zero-order valence-electron chi connectivity index (χ0n) is 16.4. The van der Waals surface area contributed by atoms with E-state index >= 15 is 0 Å². The minimum atomic E-state index is -1.02. The first-order valence-corrected chi connectivity index (χ1v) is 9.65. The van der Waals surface area contributed by atoms with E-state index in [0.29, 0.717) is 54.4 Å². The van der Waals surface area contributed by atoms with Crippen LogP contribution in [-0.2, 0) is 5.60 Å². The zero-order chi connectivity index (χ0) is 20.6. The van der Waals surface area contributed by atoms with Crippen LogP contribution in [0.1, 0.15) is 42.5 Å². The van der Waals surface area contributed by atoms with Crippen molar-refractivity contribution in [1.82, 2.24) is 19.5 Å². The number of aliphatic hydroxyl groups is 2. The highest BCUT2D eigenvalue weighted by Crippen LogP contribution is 2.36. The van der Waals surface area contributed by atoms with Crippen molar-refractivity contribution in [2.75, 3.05) is 5.32 Å². The van der Waals surface area contributed by atoms with E-state index in [1.54, 1.807) is 30.1 Å². The number of nitrogens with one attached hydrogen (secondary N) is 1. The van der Waals surface area contributed by atoms with E-state index in [0.717, 1.165) is 5.56 Å². The molecule has 1 saturated carbocycles. The van der Waals surface area contributed by atoms with Gasteiger partial charge in [-0.2, -0.15) is 0 Å². The Kier molecular flexibility index (Phi) is 5.06. The van der Waals surface area contributed by atoms with Crippen molar-refractivity contribution in [3.05, 3.63) is 59.6 Å². The average molecular weight is 397 g/mol. The van der Waals surface area contributed by atoms with Crippen LogP contribution in [-0.4, -0.2) is 35.8 Å². The number of hydrogen-bond acceptors (Lipinski definition) is 6. The summed E-state index contributed by atoms with van der Waals surface area (Å²) < 4.78 is 15.2. The summed E-state index contributed by atoms with van der Waals surface area (Å²) in [4.78, 5) is 13.0. The Morgan fingerprint density at radius 2 is 1.90 bits per heavy atom. The lowest BCUT2D eigenvalue weighted by atomic mass is 9.81. The molecule has 0 atom stereocenters. The van der Waals surface area contributed by atoms with Gasteiger partial charge in [0, 0.05) is 6.20 Å². The van der Waals surface area contributed by atoms with E-state index in [1.807, 2.05) is 19.1 Å². The van der Waals surface area contributed by atoms with Gasteiger partial charge >= 0.3 is 0 Å². The fraction of sp³-hybridized carbons (Fsp3) is 0.381. The molecule has 0 bridgehead atoms. The predicted molar refractivity (Wildman–Crippen MR) is 107 cm³/mol. The molecule has 3 aromatic heterocycles. The third-order valence-electron chi connectivity index (χ3n) is 5.37. The number of aryl methyl sites for hydroxylation is 2. The second kappa shape index (κ2) is 7.53. The molecule has 1 aliphatic rings. The molecule has 0 aromatic carbocycles. The van der Waals surface area contributed by atoms with Crippen LogP contribution in [0.15, 0.2) is 36.9 Å². The molecule has 4 rings (SSSR count). The number of halogens is 1. The minimum absolute atomic E-state index is 0.354. The molecule has 1 fully saturated rings. The van der Waals surface area contributed by atoms with Gasteiger partial charge in [-0.3, -0.25) is 4.57 Å². The van der Waals surface area contributed by atoms with E-state index in [-0.39, 0.29) is 11.9 Å². The maximum atomic E-state index is 13.4. The van der Waals surface area contributed by atoms with Crippen LogP contribution in [0, 0.1) is 19.7 Å². The molecule has 0 radical (unpaired) electrons. The first-order valence-electron chi connectivity index (χ1n) is 9.65. The Morgan fingerprint density at radius 3 is 2.62 bits per heavy atom. The van der Waals surface area contributed by atoms with Crippen LogP contribution in [0.3, 0.4) is 0 Å². The molecule has 29 heavy (non-hydrogen) atoms. The standard InChI is InChI=1S/C21H24FN5O2/c1-13-7-19(25-18-9-14(2)16(22)10-23-18)26-20(8-13)27-11-17(24-12-27)21(29)5-3-15(28)4-6-21/h7-12,15,28-29H,3-6H2,1-2H3,(H,23,25,26)/t15-,21+. The maximum absolute atomic E-state index is 13.4. The van der Waals surface area contributed by atoms with Gasteiger partial charge in [-0.05, 0) is 68.9 Å². The number of hydrogen-bond donors (Lipinski definition) is 3. The zero-order valence-corrected chi connectivity index (χ0v) is 16.4. The second-order valence-corrected chi connectivity index (χ2v) is 7.76. The number of nitrogens with zero attached hydrogens (tertiary/aromatic N) is 4. The summed E-state index contributed by atoms with van der Waals surface area (Å²) in [6, 6.07) is 5.41. The number of anilines is 2. The fourth-order valence-corrected chi connectivity index (χ4v) is 3.61. The van der Waals surface area contributed by atoms with E-state index in [9.17, 15) is 14.6 Å². The van der Waals surface area contributed by atoms with Gasteiger partial charge in [0.15, 0.2) is 0 Å². The molecule has 7 nitrogen and oxygen atoms in total. The van der Waals surface area contributed by atoms with E-state index in [4.69, 9.17) is 0 Å². The van der Waals surface area contributed by atoms with Gasteiger partial charge in [0.25, 0.3) is 0 Å². The first-order chi connectivity index (χ1) is 13.8. The third-order valence-corrected chi connectivity index (χ3v) is 5.37. The van der Waals surface area contributed by atoms with Gasteiger partial charge in [0.2, 0.25) is 0 Å². The van der Waals surface area contributed by atoms with Gasteiger partial charge in [0.1, 0.15) is 35.2 Å². The Balaban J connectivity index is 1.59. The average Bonchev–Trinajstić information content (AvgIpc) is 3.18. The summed E-state index contributed by atoms with van der Waals surface area (Å²) in [7, 11) is 0. The van der Waals surface area contributed by atoms with Crippen molar-refractivity contribution in [3.63, 3.8) is 0 Å². The molecule has 0 spiro atoms. The lowest BCUT2D eigenvalue weighted by molar-refractivity contribution is -0.0389. The quantitative estimate of drug-likeness (QED) is 0.625. The Hall–Kier alpha value is -2.84. The van der Waals surface area contributed by atoms with Crippen LogP contribution in [0.25, 0.3) is 5.82 Å². The minimum Gasteiger partial charge on any atom is -0.393 e. The van der Waals surface area contributed by atoms with Crippen molar-refractivity contribution in [2.45, 2.75) is 51.2 Å². The highest BCUT2D eigenvalue weighted by Gasteiger charge is 2.36. The second-order valence-electron chi connectivity index (χ2n) is 7.76. The Labute approximate surface area is 168 Å². The number of aromatic nitrogens is 4. The monoisotopic (exact) mass is 397 g/mol. The van der Waals surface area contributed by atoms with Crippen molar-refractivity contribution in [2.24, 2.45) is 0 Å². The largest absolute Gasteiger partial charge is 0.393 e. The molecule has 1 aliphatic carbocycles. The molecule has 3 N–H and O–H groups in total. The first kappa shape index (κ1) is 19.5. The van der Waals surface area contributed by atoms with Crippen LogP contribution in [0.4, 0.5) is 16.0 Å². The summed E-state index contributed by atoms with van der Waals surface area (Å²) in [6.45, 7) is 3.63. The molecule has 0 saturated heterocycles. The van der Waals surface area contributed by atoms with Crippen LogP contribution < -0.4 is 5.32 Å². The normalized spacial score (nSPS) is 21.9. The number of pyridine rings is 2. The summed E-state index contributed by atoms with van der Waals surface area (Å²) in [5, 5.41) is 23.7. The molecule has 8 heteroatoms. The summed E-state index contributed by atoms with van der Waals surface area (Å²) >= 11 is 0. The summed E-state index contributed by atoms with van der Waals surface area (Å²) in [6.07, 6.45) is 6.32. The molecule has 0 unspecified atom stereocenters. The highest BCUT2D eigenvalue weighted by atomic mass is 19.1. The van der Waals surface area contributed by atoms with Gasteiger partial charge in [-0.1, -0.05) is 0 Å². The molecule has 0 amide bonds. The van der Waals surface area contributed by atoms with Gasteiger partial charge < -0.3 is 15.5 Å². The van der Waals surface area contributed by atoms with E-state index < -0.39 is 5.60 Å². The number of rotatable bonds is 4. The summed E-state index contributed by atoms with van der Waals surface area (Å²) in [5.41, 5.74) is 1.04. The fourth-order valence-electron chi connectivity index (χ4n) is 3.61. The van der Waals surface area contributed by atoms with Crippen molar-refractivity contribution < 1.29 is 14.6 Å². The van der Waals surface area contributed by atoms with Gasteiger partial charge in [-0.15, -0.1) is 0 Å². The molecule has 3 aromatic rings. The number of aliphatic hydroxyl groups excluding tert-OH is 1. The van der Waals surface area contributed by atoms with Gasteiger partial charge in [0.05, 0.1) is 18.0 Å². The van der Waals surface area contributed by atoms with Crippen molar-refractivity contribution in [3.8, 4) is 5.82 Å². The highest BCUT2D eigenvalue weighted by molar-refractivity contribution is 5.55. The molecular formula is C21H24FN5O2. The van der Waals surface area contributed by atoms with Crippen LogP contribution >= 0.6 is 0 Å². The van der Waals surface area contributed by atoms with E-state index in [1.165, 1.54) is 6.20 Å². The smallest absolute Gasteiger partial charge is 0.144 e.